The van der Waals surface area contributed by atoms with Crippen LogP contribution in [0.4, 0.5) is 10.5 Å². The maximum Gasteiger partial charge on any atom is 0.428 e. The van der Waals surface area contributed by atoms with E-state index in [1.165, 1.54) is 11.8 Å². The molecular weight excluding hydrogens is 458 g/mol. The average molecular weight is 487 g/mol. The summed E-state index contributed by atoms with van der Waals surface area (Å²) in [5, 5.41) is 3.82. The van der Waals surface area contributed by atoms with Gasteiger partial charge >= 0.3 is 11.9 Å². The summed E-state index contributed by atoms with van der Waals surface area (Å²) in [6.07, 6.45) is 3.37. The number of para-hydroxylation sites is 2. The van der Waals surface area contributed by atoms with Crippen LogP contribution in [0, 0.1) is 0 Å². The Morgan fingerprint density at radius 2 is 1.86 bits per heavy atom. The predicted molar refractivity (Wildman–Crippen MR) is 139 cm³/mol. The Labute approximate surface area is 208 Å². The predicted octanol–water partition coefficient (Wildman–Crippen LogP) is 5.49. The van der Waals surface area contributed by atoms with E-state index in [0.29, 0.717) is 17.9 Å². The summed E-state index contributed by atoms with van der Waals surface area (Å²) < 4.78 is 1.78. The molecule has 1 unspecified atom stereocenters. The fourth-order valence-corrected chi connectivity index (χ4v) is 5.84. The van der Waals surface area contributed by atoms with Gasteiger partial charge in [-0.3, -0.25) is 10.3 Å². The van der Waals surface area contributed by atoms with E-state index in [9.17, 15) is 9.59 Å². The van der Waals surface area contributed by atoms with Crippen LogP contribution in [0.5, 0.6) is 0 Å². The van der Waals surface area contributed by atoms with Gasteiger partial charge < -0.3 is 4.57 Å². The standard InChI is InChI=1S/C27H27N5O2S/c1-19-10-9-17-32(19,24(33)18-35-26-29-21-13-6-7-15-23(21)31(26)2)27(34)30-22-14-8-16-28-25(22)20-11-4-3-5-12-20/h3-8,11-16,19H,9-10,17-18H2,1-2H3/p+1/t19-,32?/m1/s1. The van der Waals surface area contributed by atoms with Gasteiger partial charge in [0.2, 0.25) is 0 Å². The fourth-order valence-electron chi connectivity index (χ4n) is 4.90. The number of nitrogens with one attached hydrogen (secondary N) is 1. The molecule has 0 spiro atoms. The number of hydrogen-bond donors (Lipinski definition) is 1. The third-order valence-corrected chi connectivity index (χ3v) is 7.87. The zero-order valence-electron chi connectivity index (χ0n) is 19.8. The molecule has 2 atom stereocenters. The van der Waals surface area contributed by atoms with Gasteiger partial charge in [-0.05, 0) is 31.2 Å². The van der Waals surface area contributed by atoms with Crippen LogP contribution < -0.4 is 5.32 Å². The van der Waals surface area contributed by atoms with Crippen LogP contribution in [-0.2, 0) is 11.8 Å². The molecule has 0 saturated carbocycles. The number of amides is 3. The number of aromatic nitrogens is 3. The normalized spacial score (nSPS) is 19.7. The number of carbonyl (C=O) groups excluding carboxylic acids is 2. The highest BCUT2D eigenvalue weighted by atomic mass is 32.2. The number of quaternary nitrogens is 1. The van der Waals surface area contributed by atoms with Crippen LogP contribution in [0.15, 0.2) is 78.1 Å². The lowest BCUT2D eigenvalue weighted by Gasteiger charge is -2.32. The van der Waals surface area contributed by atoms with Crippen molar-refractivity contribution in [2.24, 2.45) is 7.05 Å². The molecule has 35 heavy (non-hydrogen) atoms. The number of aryl methyl sites for hydroxylation is 1. The van der Waals surface area contributed by atoms with Gasteiger partial charge in [0, 0.05) is 31.6 Å². The summed E-state index contributed by atoms with van der Waals surface area (Å²) in [4.78, 5) is 36.6. The molecule has 3 amide bonds. The number of thioether (sulfide) groups is 1. The van der Waals surface area contributed by atoms with E-state index in [0.717, 1.165) is 34.6 Å². The summed E-state index contributed by atoms with van der Waals surface area (Å²) in [5.41, 5.74) is 4.12. The van der Waals surface area contributed by atoms with Crippen molar-refractivity contribution in [3.63, 3.8) is 0 Å². The molecule has 7 nitrogen and oxygen atoms in total. The molecule has 4 aromatic rings. The van der Waals surface area contributed by atoms with Crippen molar-refractivity contribution in [2.45, 2.75) is 31.0 Å². The number of imidazole rings is 1. The number of fused-ring (bicyclic) bond motifs is 1. The molecule has 0 radical (unpaired) electrons. The van der Waals surface area contributed by atoms with E-state index in [1.54, 1.807) is 12.3 Å². The Kier molecular flexibility index (Phi) is 6.40. The Hall–Kier alpha value is -3.49. The number of pyridine rings is 1. The number of hydrogen-bond acceptors (Lipinski definition) is 5. The van der Waals surface area contributed by atoms with E-state index in [2.05, 4.69) is 15.3 Å². The number of urea groups is 1. The largest absolute Gasteiger partial charge is 0.428 e. The molecule has 1 saturated heterocycles. The average Bonchev–Trinajstić information content (AvgIpc) is 3.44. The summed E-state index contributed by atoms with van der Waals surface area (Å²) in [7, 11) is 1.95. The van der Waals surface area contributed by atoms with Crippen LogP contribution in [0.1, 0.15) is 19.8 Å². The first-order valence-electron chi connectivity index (χ1n) is 11.8. The minimum Gasteiger partial charge on any atom is -0.322 e. The molecular formula is C27H28N5O2S+. The van der Waals surface area contributed by atoms with Crippen LogP contribution in [0.3, 0.4) is 0 Å². The fraction of sp³-hybridized carbons (Fsp3) is 0.259. The first-order chi connectivity index (χ1) is 17.0. The number of anilines is 1. The van der Waals surface area contributed by atoms with Crippen molar-refractivity contribution in [3.05, 3.63) is 72.9 Å². The summed E-state index contributed by atoms with van der Waals surface area (Å²) in [5.74, 6) is 0.0720. The molecule has 0 bridgehead atoms. The summed E-state index contributed by atoms with van der Waals surface area (Å²) >= 11 is 1.39. The molecule has 2 aromatic heterocycles. The third-order valence-electron chi connectivity index (χ3n) is 6.86. The number of benzene rings is 2. The van der Waals surface area contributed by atoms with E-state index >= 15 is 0 Å². The monoisotopic (exact) mass is 486 g/mol. The lowest BCUT2D eigenvalue weighted by Crippen LogP contribution is -2.61. The Morgan fingerprint density at radius 3 is 2.60 bits per heavy atom. The van der Waals surface area contributed by atoms with Gasteiger partial charge in [0.25, 0.3) is 0 Å². The van der Waals surface area contributed by atoms with E-state index in [-0.39, 0.29) is 28.2 Å². The van der Waals surface area contributed by atoms with Gasteiger partial charge in [0.15, 0.2) is 5.16 Å². The topological polar surface area (TPSA) is 76.9 Å². The van der Waals surface area contributed by atoms with Crippen molar-refractivity contribution < 1.29 is 14.1 Å². The van der Waals surface area contributed by atoms with Crippen molar-refractivity contribution in [1.82, 2.24) is 14.5 Å². The van der Waals surface area contributed by atoms with Gasteiger partial charge in [-0.25, -0.2) is 14.6 Å². The van der Waals surface area contributed by atoms with Crippen molar-refractivity contribution in [1.29, 1.82) is 0 Å². The molecule has 1 aliphatic rings. The summed E-state index contributed by atoms with van der Waals surface area (Å²) in [6.45, 7) is 2.49. The van der Waals surface area contributed by atoms with Gasteiger partial charge in [0.1, 0.15) is 11.8 Å². The number of imide groups is 1. The molecule has 3 heterocycles. The van der Waals surface area contributed by atoms with Crippen LogP contribution in [0.2, 0.25) is 0 Å². The molecule has 5 rings (SSSR count). The lowest BCUT2D eigenvalue weighted by atomic mass is 10.1. The number of carbonyl (C=O) groups is 2. The number of nitrogens with zero attached hydrogens (tertiary/aromatic N) is 4. The second kappa shape index (κ2) is 9.64. The van der Waals surface area contributed by atoms with Gasteiger partial charge in [-0.1, -0.05) is 54.2 Å². The SMILES string of the molecule is C[C@@H]1CCC[N+]1(C(=O)CSc1nc2ccccc2n1C)C(=O)Nc1cccnc1-c1ccccc1. The summed E-state index contributed by atoms with van der Waals surface area (Å²) in [6, 6.07) is 20.9. The number of likely N-dealkylation sites (tertiary alicyclic amines) is 1. The van der Waals surface area contributed by atoms with Crippen LogP contribution in [0.25, 0.3) is 22.3 Å². The number of rotatable bonds is 5. The van der Waals surface area contributed by atoms with Crippen molar-refractivity contribution in [3.8, 4) is 11.3 Å². The molecule has 2 aromatic carbocycles. The first-order valence-corrected chi connectivity index (χ1v) is 12.8. The first kappa shape index (κ1) is 23.3. The molecule has 8 heteroatoms. The third kappa shape index (κ3) is 4.24. The molecule has 1 N–H and O–H groups in total. The second-order valence-electron chi connectivity index (χ2n) is 8.90. The zero-order chi connectivity index (χ0) is 24.4. The highest BCUT2D eigenvalue weighted by Gasteiger charge is 2.52. The van der Waals surface area contributed by atoms with E-state index in [4.69, 9.17) is 0 Å². The van der Waals surface area contributed by atoms with Crippen LogP contribution in [-0.4, -0.2) is 49.3 Å². The van der Waals surface area contributed by atoms with Crippen LogP contribution >= 0.6 is 11.8 Å². The Bertz CT molecular complexity index is 1390. The smallest absolute Gasteiger partial charge is 0.322 e. The van der Waals surface area contributed by atoms with Crippen molar-refractivity contribution in [2.75, 3.05) is 17.6 Å². The van der Waals surface area contributed by atoms with Gasteiger partial charge in [0.05, 0.1) is 29.0 Å². The second-order valence-corrected chi connectivity index (χ2v) is 9.85. The quantitative estimate of drug-likeness (QED) is 0.298. The molecule has 0 aliphatic carbocycles. The minimum absolute atomic E-state index is 0.0969. The van der Waals surface area contributed by atoms with Gasteiger partial charge in [-0.2, -0.15) is 4.48 Å². The lowest BCUT2D eigenvalue weighted by molar-refractivity contribution is -0.781. The molecule has 1 aliphatic heterocycles. The van der Waals surface area contributed by atoms with E-state index < -0.39 is 0 Å². The highest BCUT2D eigenvalue weighted by Crippen LogP contribution is 2.33. The van der Waals surface area contributed by atoms with E-state index in [1.807, 2.05) is 79.2 Å². The zero-order valence-corrected chi connectivity index (χ0v) is 20.7. The maximum atomic E-state index is 13.8. The molecule has 1 fully saturated rings. The molecule has 178 valence electrons. The van der Waals surface area contributed by atoms with Gasteiger partial charge in [-0.15, -0.1) is 0 Å². The Balaban J connectivity index is 1.39. The highest BCUT2D eigenvalue weighted by molar-refractivity contribution is 7.99. The Morgan fingerprint density at radius 1 is 1.09 bits per heavy atom. The van der Waals surface area contributed by atoms with Crippen molar-refractivity contribution >= 4 is 40.4 Å². The minimum atomic E-state index is -0.296. The maximum absolute atomic E-state index is 13.8.